The number of sulfonamides is 1. The molecule has 0 saturated carbocycles. The fraction of sp³-hybridized carbons (Fsp3) is 0.621. The van der Waals surface area contributed by atoms with E-state index in [4.69, 9.17) is 4.52 Å². The van der Waals surface area contributed by atoms with E-state index < -0.39 is 10.0 Å². The smallest absolute Gasteiger partial charge is 0.276 e. The summed E-state index contributed by atoms with van der Waals surface area (Å²) in [6.07, 6.45) is 6.91. The second kappa shape index (κ2) is 11.4. The number of hydrogen-bond donors (Lipinski definition) is 0. The second-order valence-corrected chi connectivity index (χ2v) is 13.2. The predicted octanol–water partition coefficient (Wildman–Crippen LogP) is 4.13. The molecule has 212 valence electrons. The molecular weight excluding hydrogens is 516 g/mol. The molecule has 0 radical (unpaired) electrons. The Labute approximate surface area is 231 Å². The summed E-state index contributed by atoms with van der Waals surface area (Å²) in [6, 6.07) is 3.51. The van der Waals surface area contributed by atoms with Crippen LogP contribution < -0.4 is 0 Å². The van der Waals surface area contributed by atoms with Crippen molar-refractivity contribution in [3.8, 4) is 0 Å². The number of rotatable bonds is 6. The lowest BCUT2D eigenvalue weighted by Crippen LogP contribution is -2.45. The predicted molar refractivity (Wildman–Crippen MR) is 147 cm³/mol. The van der Waals surface area contributed by atoms with Crippen LogP contribution in [0.5, 0.6) is 0 Å². The number of fused-ring (bicyclic) bond motifs is 1. The molecular formula is C29H40N4O5S. The largest absolute Gasteiger partial charge is 0.360 e. The van der Waals surface area contributed by atoms with Crippen LogP contribution in [0, 0.1) is 20.8 Å². The van der Waals surface area contributed by atoms with Gasteiger partial charge in [0.2, 0.25) is 15.9 Å². The van der Waals surface area contributed by atoms with E-state index in [1.807, 2.05) is 31.7 Å². The summed E-state index contributed by atoms with van der Waals surface area (Å²) < 4.78 is 34.6. The van der Waals surface area contributed by atoms with Gasteiger partial charge < -0.3 is 14.3 Å². The maximum atomic E-state index is 13.7. The minimum atomic E-state index is -3.67. The molecule has 3 aliphatic heterocycles. The third-order valence-corrected chi connectivity index (χ3v) is 10.8. The highest BCUT2D eigenvalue weighted by Crippen LogP contribution is 2.31. The Hall–Kier alpha value is -2.72. The van der Waals surface area contributed by atoms with E-state index in [0.29, 0.717) is 48.8 Å². The number of hydrogen-bond acceptors (Lipinski definition) is 6. The first-order valence-corrected chi connectivity index (χ1v) is 15.7. The van der Waals surface area contributed by atoms with Gasteiger partial charge in [-0.1, -0.05) is 17.6 Å². The molecule has 0 N–H and O–H groups in total. The number of piperidine rings is 2. The van der Waals surface area contributed by atoms with Crippen molar-refractivity contribution in [2.45, 2.75) is 96.0 Å². The minimum absolute atomic E-state index is 0.0245. The first-order chi connectivity index (χ1) is 18.7. The number of carbonyl (C=O) groups excluding carboxylic acids is 2. The normalized spacial score (nSPS) is 20.6. The van der Waals surface area contributed by atoms with Crippen LogP contribution in [-0.4, -0.2) is 71.7 Å². The molecule has 0 bridgehead atoms. The fourth-order valence-electron chi connectivity index (χ4n) is 6.20. The van der Waals surface area contributed by atoms with E-state index >= 15 is 0 Å². The van der Waals surface area contributed by atoms with Gasteiger partial charge in [0, 0.05) is 50.6 Å². The Morgan fingerprint density at radius 3 is 2.41 bits per heavy atom. The van der Waals surface area contributed by atoms with Gasteiger partial charge in [0.15, 0.2) is 5.69 Å². The Morgan fingerprint density at radius 1 is 0.923 bits per heavy atom. The first kappa shape index (κ1) is 27.8. The molecule has 39 heavy (non-hydrogen) atoms. The lowest BCUT2D eigenvalue weighted by Gasteiger charge is -2.35. The van der Waals surface area contributed by atoms with Crippen LogP contribution in [0.1, 0.15) is 89.9 Å². The summed E-state index contributed by atoms with van der Waals surface area (Å²) >= 11 is 0. The number of carbonyl (C=O) groups is 2. The van der Waals surface area contributed by atoms with Gasteiger partial charge in [-0.3, -0.25) is 9.59 Å². The fourth-order valence-corrected chi connectivity index (χ4v) is 8.22. The Kier molecular flexibility index (Phi) is 8.14. The second-order valence-electron chi connectivity index (χ2n) is 11.4. The van der Waals surface area contributed by atoms with Crippen LogP contribution in [0.25, 0.3) is 0 Å². The highest BCUT2D eigenvalue weighted by molar-refractivity contribution is 7.89. The van der Waals surface area contributed by atoms with E-state index in [9.17, 15) is 18.0 Å². The quantitative estimate of drug-likeness (QED) is 0.530. The molecule has 1 aromatic heterocycles. The van der Waals surface area contributed by atoms with Crippen molar-refractivity contribution in [3.05, 3.63) is 45.8 Å². The van der Waals surface area contributed by atoms with Crippen molar-refractivity contribution in [3.63, 3.8) is 0 Å². The average Bonchev–Trinajstić information content (AvgIpc) is 3.37. The zero-order valence-electron chi connectivity index (χ0n) is 23.4. The van der Waals surface area contributed by atoms with Crippen molar-refractivity contribution in [2.24, 2.45) is 0 Å². The molecule has 9 nitrogen and oxygen atoms in total. The molecule has 2 amide bonds. The van der Waals surface area contributed by atoms with Crippen molar-refractivity contribution in [1.82, 2.24) is 19.3 Å². The molecule has 1 atom stereocenters. The highest BCUT2D eigenvalue weighted by atomic mass is 32.2. The average molecular weight is 557 g/mol. The monoisotopic (exact) mass is 556 g/mol. The van der Waals surface area contributed by atoms with E-state index in [1.54, 1.807) is 15.3 Å². The van der Waals surface area contributed by atoms with Crippen LogP contribution >= 0.6 is 0 Å². The molecule has 0 aliphatic carbocycles. The third kappa shape index (κ3) is 5.63. The molecule has 10 heteroatoms. The maximum Gasteiger partial charge on any atom is 0.276 e. The van der Waals surface area contributed by atoms with Crippen LogP contribution in [-0.2, 0) is 27.8 Å². The number of benzene rings is 1. The van der Waals surface area contributed by atoms with Gasteiger partial charge in [-0.05, 0) is 82.1 Å². The van der Waals surface area contributed by atoms with Crippen LogP contribution in [0.3, 0.4) is 0 Å². The molecule has 1 unspecified atom stereocenters. The van der Waals surface area contributed by atoms with Crippen molar-refractivity contribution >= 4 is 21.8 Å². The van der Waals surface area contributed by atoms with Crippen molar-refractivity contribution < 1.29 is 22.5 Å². The molecule has 0 spiro atoms. The van der Waals surface area contributed by atoms with Crippen molar-refractivity contribution in [1.29, 1.82) is 0 Å². The molecule has 2 saturated heterocycles. The summed E-state index contributed by atoms with van der Waals surface area (Å²) in [5.41, 5.74) is 3.84. The summed E-state index contributed by atoms with van der Waals surface area (Å²) in [7, 11) is -3.67. The topological polar surface area (TPSA) is 104 Å². The number of amides is 2. The number of aromatic nitrogens is 1. The van der Waals surface area contributed by atoms with Crippen LogP contribution in [0.2, 0.25) is 0 Å². The van der Waals surface area contributed by atoms with Crippen LogP contribution in [0.15, 0.2) is 21.6 Å². The molecule has 3 aliphatic rings. The molecule has 1 aromatic carbocycles. The number of aryl methyl sites for hydroxylation is 3. The maximum absolute atomic E-state index is 13.7. The SMILES string of the molecule is Cc1cc(C)c(S(=O)(=O)N2CCCCC2CCC(=O)N2CCc3onc(C(=O)N4CCCCC4)c3C2)cc1C. The lowest BCUT2D eigenvalue weighted by atomic mass is 9.99. The van der Waals surface area contributed by atoms with Gasteiger partial charge >= 0.3 is 0 Å². The number of likely N-dealkylation sites (tertiary alicyclic amines) is 1. The van der Waals surface area contributed by atoms with E-state index in [2.05, 4.69) is 5.16 Å². The third-order valence-electron chi connectivity index (χ3n) is 8.67. The Bertz CT molecular complexity index is 1350. The highest BCUT2D eigenvalue weighted by Gasteiger charge is 2.36. The zero-order valence-corrected chi connectivity index (χ0v) is 24.2. The van der Waals surface area contributed by atoms with Gasteiger partial charge in [0.1, 0.15) is 5.76 Å². The van der Waals surface area contributed by atoms with Gasteiger partial charge in [-0.15, -0.1) is 0 Å². The standard InChI is InChI=1S/C29H40N4O5S/c1-20-17-22(3)26(18-21(20)2)39(36,37)33-15-8-5-9-23(33)10-11-27(34)32-16-12-25-24(19-32)28(30-38-25)29(35)31-13-6-4-7-14-31/h17-18,23H,4-16,19H2,1-3H3. The molecule has 5 rings (SSSR count). The van der Waals surface area contributed by atoms with Gasteiger partial charge in [0.25, 0.3) is 5.91 Å². The summed E-state index contributed by atoms with van der Waals surface area (Å²) in [6.45, 7) is 8.52. The first-order valence-electron chi connectivity index (χ1n) is 14.3. The minimum Gasteiger partial charge on any atom is -0.360 e. The van der Waals surface area contributed by atoms with Gasteiger partial charge in [-0.2, -0.15) is 4.31 Å². The molecule has 2 aromatic rings. The summed E-state index contributed by atoms with van der Waals surface area (Å²) in [4.78, 5) is 30.4. The van der Waals surface area contributed by atoms with Crippen molar-refractivity contribution in [2.75, 3.05) is 26.2 Å². The zero-order chi connectivity index (χ0) is 27.7. The van der Waals surface area contributed by atoms with E-state index in [-0.39, 0.29) is 24.3 Å². The van der Waals surface area contributed by atoms with E-state index in [1.165, 1.54) is 0 Å². The van der Waals surface area contributed by atoms with Crippen LogP contribution in [0.4, 0.5) is 0 Å². The molecule has 4 heterocycles. The van der Waals surface area contributed by atoms with Gasteiger partial charge in [-0.25, -0.2) is 8.42 Å². The summed E-state index contributed by atoms with van der Waals surface area (Å²) in [5.74, 6) is 0.551. The number of nitrogens with zero attached hydrogens (tertiary/aromatic N) is 4. The lowest BCUT2D eigenvalue weighted by molar-refractivity contribution is -0.132. The summed E-state index contributed by atoms with van der Waals surface area (Å²) in [5, 5.41) is 4.09. The van der Waals surface area contributed by atoms with Gasteiger partial charge in [0.05, 0.1) is 11.4 Å². The van der Waals surface area contributed by atoms with E-state index in [0.717, 1.165) is 73.9 Å². The Morgan fingerprint density at radius 2 is 1.64 bits per heavy atom. The Balaban J connectivity index is 1.26. The molecule has 2 fully saturated rings.